The maximum Gasteiger partial charge on any atom is -1.00 e. The van der Waals surface area contributed by atoms with E-state index >= 15 is 0 Å². The predicted molar refractivity (Wildman–Crippen MR) is 172 cm³/mol. The molecular weight excluding hydrogens is 671 g/mol. The Labute approximate surface area is 288 Å². The molecule has 0 saturated carbocycles. The number of nitrogens with zero attached hydrogens (tertiary/aromatic N) is 2. The van der Waals surface area contributed by atoms with Crippen LogP contribution in [0.15, 0.2) is 152 Å². The van der Waals surface area contributed by atoms with Gasteiger partial charge in [-0.2, -0.15) is 0 Å². The molecule has 0 spiro atoms. The van der Waals surface area contributed by atoms with Crippen LogP contribution in [0.2, 0.25) is 0 Å². The zero-order chi connectivity index (χ0) is 28.6. The van der Waals surface area contributed by atoms with Crippen LogP contribution in [0.3, 0.4) is 0 Å². The van der Waals surface area contributed by atoms with Crippen LogP contribution in [0.25, 0.3) is 34.4 Å². The molecule has 0 fully saturated rings. The zero-order valence-electron chi connectivity index (χ0n) is 24.3. The Hall–Kier alpha value is -3.88. The third-order valence-electron chi connectivity index (χ3n) is 8.55. The minimum Gasteiger partial charge on any atom is -1.00 e. The summed E-state index contributed by atoms with van der Waals surface area (Å²) in [6.45, 7) is 0. The van der Waals surface area contributed by atoms with Gasteiger partial charge in [-0.05, 0) is 0 Å². The van der Waals surface area contributed by atoms with Crippen LogP contribution in [0.5, 0.6) is 0 Å². The first-order valence-electron chi connectivity index (χ1n) is 14.7. The van der Waals surface area contributed by atoms with Gasteiger partial charge < -0.3 is 24.8 Å². The third kappa shape index (κ3) is 5.82. The van der Waals surface area contributed by atoms with Crippen LogP contribution in [-0.4, -0.2) is 9.97 Å². The van der Waals surface area contributed by atoms with Crippen molar-refractivity contribution in [3.8, 4) is 22.3 Å². The van der Waals surface area contributed by atoms with Gasteiger partial charge in [-0.3, -0.25) is 0 Å². The molecule has 2 atom stereocenters. The summed E-state index contributed by atoms with van der Waals surface area (Å²) in [5.41, 5.74) is 12.8. The largest absolute Gasteiger partial charge is 1.00 e. The van der Waals surface area contributed by atoms with Crippen molar-refractivity contribution in [2.75, 3.05) is 0 Å². The van der Waals surface area contributed by atoms with Gasteiger partial charge in [-0.1, -0.05) is 0 Å². The number of allylic oxidation sites excluding steroid dienone is 2. The van der Waals surface area contributed by atoms with Crippen LogP contribution >= 0.6 is 0 Å². The number of benzene rings is 4. The van der Waals surface area contributed by atoms with Gasteiger partial charge in [0.05, 0.1) is 0 Å². The van der Waals surface area contributed by atoms with E-state index in [-0.39, 0.29) is 36.6 Å². The van der Waals surface area contributed by atoms with Crippen LogP contribution in [0.4, 0.5) is 0 Å². The fourth-order valence-corrected chi connectivity index (χ4v) is 10.7. The minimum atomic E-state index is -1.28. The van der Waals surface area contributed by atoms with Gasteiger partial charge in [0.2, 0.25) is 0 Å². The minimum absolute atomic E-state index is 0. The van der Waals surface area contributed by atoms with Crippen molar-refractivity contribution in [2.45, 2.75) is 11.8 Å². The van der Waals surface area contributed by atoms with E-state index in [1.807, 2.05) is 24.5 Å². The van der Waals surface area contributed by atoms with E-state index in [4.69, 9.17) is 9.97 Å². The number of hydrogen-bond donors (Lipinski definition) is 0. The van der Waals surface area contributed by atoms with E-state index < -0.39 is 23.2 Å². The molecule has 8 rings (SSSR count). The summed E-state index contributed by atoms with van der Waals surface area (Å²) in [5.74, 6) is 0.350. The fourth-order valence-electron chi connectivity index (χ4n) is 6.66. The smallest absolute Gasteiger partial charge is 1.00 e. The van der Waals surface area contributed by atoms with Gasteiger partial charge in [0.25, 0.3) is 0 Å². The second-order valence-electron chi connectivity index (χ2n) is 11.0. The quantitative estimate of drug-likeness (QED) is 0.266. The number of aromatic nitrogens is 2. The van der Waals surface area contributed by atoms with Crippen molar-refractivity contribution in [3.05, 3.63) is 186 Å². The van der Waals surface area contributed by atoms with Crippen molar-refractivity contribution in [1.82, 2.24) is 9.97 Å². The van der Waals surface area contributed by atoms with Crippen molar-refractivity contribution in [2.24, 2.45) is 0 Å². The molecule has 6 aromatic rings. The standard InChI is InChI=1S/2C20H14N.2ClH.Zr/c2*1-2-7-15(8-3-1)16-9-6-10-17-18(16)12-13-19(17)20-11-4-5-14-21-20;;;/h2*1-12,14,19H;2*1H;/q;;;;+2/p-2. The SMILES string of the molecule is C1=[C]([Zr+2][C]2=Cc3c(-c4ccccc4)cccc3C2c2ccccn2)C(c2ccccn2)c2cccc(-c3ccccc3)c21.[Cl-].[Cl-]. The van der Waals surface area contributed by atoms with Crippen molar-refractivity contribution in [1.29, 1.82) is 0 Å². The van der Waals surface area contributed by atoms with E-state index in [9.17, 15) is 0 Å². The summed E-state index contributed by atoms with van der Waals surface area (Å²) in [4.78, 5) is 9.82. The molecule has 0 aliphatic heterocycles. The first-order valence-corrected chi connectivity index (χ1v) is 17.2. The molecule has 4 aromatic carbocycles. The molecule has 2 nitrogen and oxygen atoms in total. The molecule has 0 N–H and O–H groups in total. The summed E-state index contributed by atoms with van der Waals surface area (Å²) >= 11 is -1.28. The molecule has 2 unspecified atom stereocenters. The molecule has 45 heavy (non-hydrogen) atoms. The Morgan fingerprint density at radius 2 is 0.844 bits per heavy atom. The van der Waals surface area contributed by atoms with Gasteiger partial charge in [0.15, 0.2) is 0 Å². The Morgan fingerprint density at radius 1 is 0.422 bits per heavy atom. The van der Waals surface area contributed by atoms with E-state index in [2.05, 4.69) is 133 Å². The number of halogens is 2. The normalized spacial score (nSPS) is 15.8. The molecule has 2 aliphatic carbocycles. The molecule has 0 saturated heterocycles. The summed E-state index contributed by atoms with van der Waals surface area (Å²) in [6.07, 6.45) is 8.90. The van der Waals surface area contributed by atoms with E-state index in [0.717, 1.165) is 11.4 Å². The summed E-state index contributed by atoms with van der Waals surface area (Å²) in [7, 11) is 0. The topological polar surface area (TPSA) is 25.8 Å². The van der Waals surface area contributed by atoms with Crippen molar-refractivity contribution in [3.63, 3.8) is 0 Å². The first-order chi connectivity index (χ1) is 21.3. The predicted octanol–water partition coefficient (Wildman–Crippen LogP) is 3.57. The van der Waals surface area contributed by atoms with Gasteiger partial charge >= 0.3 is 266 Å². The van der Waals surface area contributed by atoms with Gasteiger partial charge in [0, 0.05) is 0 Å². The Bertz CT molecular complexity index is 1850. The molecule has 0 amide bonds. The second kappa shape index (κ2) is 13.6. The van der Waals surface area contributed by atoms with Crippen molar-refractivity contribution < 1.29 is 48.0 Å². The second-order valence-corrected chi connectivity index (χ2v) is 14.5. The Balaban J connectivity index is 0.00000179. The van der Waals surface area contributed by atoms with Crippen LogP contribution < -0.4 is 24.8 Å². The number of hydrogen-bond acceptors (Lipinski definition) is 2. The van der Waals surface area contributed by atoms with Crippen LogP contribution in [0.1, 0.15) is 45.5 Å². The molecular formula is C40H28Cl2N2Zr. The molecule has 216 valence electrons. The van der Waals surface area contributed by atoms with Crippen LogP contribution in [0, 0.1) is 0 Å². The van der Waals surface area contributed by atoms with Gasteiger partial charge in [-0.15, -0.1) is 0 Å². The molecule has 2 heterocycles. The third-order valence-corrected chi connectivity index (χ3v) is 12.1. The Morgan fingerprint density at radius 3 is 1.24 bits per heavy atom. The van der Waals surface area contributed by atoms with Crippen LogP contribution in [-0.2, 0) is 23.2 Å². The maximum absolute atomic E-state index is 4.91. The number of rotatable bonds is 6. The number of pyridine rings is 2. The average molecular weight is 699 g/mol. The Kier molecular flexibility index (Phi) is 9.43. The monoisotopic (exact) mass is 696 g/mol. The van der Waals surface area contributed by atoms with Crippen molar-refractivity contribution >= 4 is 12.2 Å². The summed E-state index contributed by atoms with van der Waals surface area (Å²) in [6, 6.07) is 47.8. The van der Waals surface area contributed by atoms with E-state index in [1.54, 1.807) is 6.56 Å². The summed E-state index contributed by atoms with van der Waals surface area (Å²) in [5, 5.41) is 0. The zero-order valence-corrected chi connectivity index (χ0v) is 28.3. The van der Waals surface area contributed by atoms with E-state index in [1.165, 1.54) is 44.5 Å². The molecule has 0 bridgehead atoms. The first kappa shape index (κ1) is 31.1. The molecule has 0 radical (unpaired) electrons. The average Bonchev–Trinajstić information content (AvgIpc) is 3.64. The molecule has 2 aromatic heterocycles. The van der Waals surface area contributed by atoms with E-state index in [0.29, 0.717) is 0 Å². The van der Waals surface area contributed by atoms with Gasteiger partial charge in [-0.25, -0.2) is 0 Å². The maximum atomic E-state index is 4.91. The van der Waals surface area contributed by atoms with Gasteiger partial charge in [0.1, 0.15) is 0 Å². The summed E-state index contributed by atoms with van der Waals surface area (Å²) < 4.78 is 3.09. The number of fused-ring (bicyclic) bond motifs is 2. The fraction of sp³-hybridized carbons (Fsp3) is 0.0500. The molecule has 5 heteroatoms. The molecule has 2 aliphatic rings.